The van der Waals surface area contributed by atoms with Crippen LogP contribution in [0.5, 0.6) is 0 Å². The second-order valence-electron chi connectivity index (χ2n) is 6.83. The summed E-state index contributed by atoms with van der Waals surface area (Å²) in [6.45, 7) is -0.0126. The number of carbonyl (C=O) groups excluding carboxylic acids is 2. The van der Waals surface area contributed by atoms with Gasteiger partial charge in [-0.25, -0.2) is 9.59 Å². The Kier molecular flexibility index (Phi) is 5.10. The lowest BCUT2D eigenvalue weighted by Crippen LogP contribution is -2.47. The van der Waals surface area contributed by atoms with E-state index in [-0.39, 0.29) is 18.1 Å². The molecule has 0 saturated carbocycles. The topological polar surface area (TPSA) is 90.7 Å². The standard InChI is InChI=1S/C23H19FN2O4/c24-23(30-21(25)27,15-8-2-1-3-9-15)26-22(28)29-14-20-18-12-6-4-10-16(18)17-11-5-7-13-19(17)20/h1-13,20H,14H2,(H2,25,27)(H,26,28). The summed E-state index contributed by atoms with van der Waals surface area (Å²) in [5.41, 5.74) is 9.07. The zero-order valence-corrected chi connectivity index (χ0v) is 15.9. The van der Waals surface area contributed by atoms with Gasteiger partial charge in [0, 0.05) is 5.92 Å². The van der Waals surface area contributed by atoms with Gasteiger partial charge < -0.3 is 15.2 Å². The van der Waals surface area contributed by atoms with E-state index in [1.807, 2.05) is 53.8 Å². The lowest BCUT2D eigenvalue weighted by atomic mass is 9.98. The Labute approximate surface area is 172 Å². The second kappa shape index (κ2) is 7.87. The predicted octanol–water partition coefficient (Wildman–Crippen LogP) is 4.40. The SMILES string of the molecule is NC(=O)OC(F)(NC(=O)OCC1c2ccccc2-c2ccccc21)c1ccccc1. The molecule has 7 heteroatoms. The number of carbonyl (C=O) groups is 2. The molecular formula is C23H19FN2O4. The summed E-state index contributed by atoms with van der Waals surface area (Å²) in [7, 11) is 0. The highest BCUT2D eigenvalue weighted by Crippen LogP contribution is 2.44. The summed E-state index contributed by atoms with van der Waals surface area (Å²) < 4.78 is 25.1. The summed E-state index contributed by atoms with van der Waals surface area (Å²) in [5, 5.41) is 1.96. The van der Waals surface area contributed by atoms with Crippen LogP contribution in [0.15, 0.2) is 78.9 Å². The largest absolute Gasteiger partial charge is 0.448 e. The van der Waals surface area contributed by atoms with Crippen molar-refractivity contribution >= 4 is 12.2 Å². The molecule has 3 aromatic rings. The van der Waals surface area contributed by atoms with E-state index < -0.39 is 18.2 Å². The second-order valence-corrected chi connectivity index (χ2v) is 6.83. The smallest absolute Gasteiger partial charge is 0.412 e. The number of benzene rings is 3. The number of nitrogens with two attached hydrogens (primary N) is 1. The minimum atomic E-state index is -2.95. The van der Waals surface area contributed by atoms with Crippen molar-refractivity contribution in [3.05, 3.63) is 95.6 Å². The molecule has 0 bridgehead atoms. The third kappa shape index (κ3) is 3.69. The van der Waals surface area contributed by atoms with Crippen LogP contribution < -0.4 is 11.1 Å². The van der Waals surface area contributed by atoms with Crippen LogP contribution in [0.2, 0.25) is 0 Å². The molecule has 1 unspecified atom stereocenters. The Morgan fingerprint density at radius 1 is 0.900 bits per heavy atom. The molecule has 0 spiro atoms. The number of fused-ring (bicyclic) bond motifs is 3. The molecule has 3 aromatic carbocycles. The van der Waals surface area contributed by atoms with E-state index in [1.54, 1.807) is 6.07 Å². The number of primary amides is 1. The summed E-state index contributed by atoms with van der Waals surface area (Å²) in [6.07, 6.45) is -2.45. The highest BCUT2D eigenvalue weighted by Gasteiger charge is 2.39. The quantitative estimate of drug-likeness (QED) is 0.485. The molecule has 4 rings (SSSR count). The van der Waals surface area contributed by atoms with Gasteiger partial charge in [-0.15, -0.1) is 0 Å². The van der Waals surface area contributed by atoms with E-state index in [4.69, 9.17) is 10.5 Å². The maximum Gasteiger partial charge on any atom is 0.412 e. The molecule has 6 nitrogen and oxygen atoms in total. The van der Waals surface area contributed by atoms with Gasteiger partial charge in [-0.2, -0.15) is 4.39 Å². The molecule has 1 aliphatic carbocycles. The first kappa shape index (κ1) is 19.4. The van der Waals surface area contributed by atoms with Crippen LogP contribution in [-0.4, -0.2) is 18.8 Å². The molecule has 0 aromatic heterocycles. The van der Waals surface area contributed by atoms with Crippen molar-refractivity contribution in [2.75, 3.05) is 6.61 Å². The van der Waals surface area contributed by atoms with Crippen LogP contribution in [0.3, 0.4) is 0 Å². The summed E-state index contributed by atoms with van der Waals surface area (Å²) in [6, 6.07) is 23.1. The fourth-order valence-corrected chi connectivity index (χ4v) is 3.71. The molecule has 0 saturated heterocycles. The summed E-state index contributed by atoms with van der Waals surface area (Å²) in [4.78, 5) is 23.6. The number of alkyl carbamates (subject to hydrolysis) is 1. The molecule has 0 fully saturated rings. The van der Waals surface area contributed by atoms with E-state index in [0.717, 1.165) is 22.3 Å². The Hall–Kier alpha value is -3.87. The molecule has 0 aliphatic heterocycles. The van der Waals surface area contributed by atoms with Crippen molar-refractivity contribution in [3.63, 3.8) is 0 Å². The lowest BCUT2D eigenvalue weighted by molar-refractivity contribution is -0.121. The van der Waals surface area contributed by atoms with Crippen LogP contribution >= 0.6 is 0 Å². The number of ether oxygens (including phenoxy) is 2. The van der Waals surface area contributed by atoms with Crippen molar-refractivity contribution in [2.45, 2.75) is 11.9 Å². The number of halogens is 1. The maximum absolute atomic E-state index is 15.3. The Balaban J connectivity index is 1.51. The van der Waals surface area contributed by atoms with Gasteiger partial charge >= 0.3 is 18.2 Å². The van der Waals surface area contributed by atoms with E-state index >= 15 is 4.39 Å². The summed E-state index contributed by atoms with van der Waals surface area (Å²) in [5.74, 6) is -3.14. The zero-order chi connectivity index (χ0) is 21.1. The lowest BCUT2D eigenvalue weighted by Gasteiger charge is -2.25. The average Bonchev–Trinajstić information content (AvgIpc) is 3.06. The number of amides is 2. The van der Waals surface area contributed by atoms with Gasteiger partial charge in [0.05, 0.1) is 5.56 Å². The molecule has 0 heterocycles. The molecule has 152 valence electrons. The number of hydrogen-bond acceptors (Lipinski definition) is 4. The van der Waals surface area contributed by atoms with Gasteiger partial charge in [0.1, 0.15) is 6.61 Å². The van der Waals surface area contributed by atoms with E-state index in [9.17, 15) is 9.59 Å². The minimum absolute atomic E-state index is 0.0126. The van der Waals surface area contributed by atoms with Gasteiger partial charge in [0.15, 0.2) is 0 Å². The van der Waals surface area contributed by atoms with E-state index in [0.29, 0.717) is 0 Å². The molecule has 2 amide bonds. The van der Waals surface area contributed by atoms with E-state index in [1.165, 1.54) is 24.3 Å². The van der Waals surface area contributed by atoms with Gasteiger partial charge in [0.25, 0.3) is 0 Å². The van der Waals surface area contributed by atoms with Crippen molar-refractivity contribution < 1.29 is 23.5 Å². The van der Waals surface area contributed by atoms with Gasteiger partial charge in [-0.05, 0) is 22.3 Å². The first-order valence-electron chi connectivity index (χ1n) is 9.34. The molecular weight excluding hydrogens is 387 g/mol. The molecule has 30 heavy (non-hydrogen) atoms. The van der Waals surface area contributed by atoms with Crippen LogP contribution in [0.4, 0.5) is 14.0 Å². The van der Waals surface area contributed by atoms with Crippen LogP contribution in [-0.2, 0) is 15.5 Å². The molecule has 0 radical (unpaired) electrons. The Bertz CT molecular complexity index is 1040. The fourth-order valence-electron chi connectivity index (χ4n) is 3.71. The monoisotopic (exact) mass is 406 g/mol. The number of rotatable bonds is 5. The van der Waals surface area contributed by atoms with Crippen LogP contribution in [0, 0.1) is 0 Å². The summed E-state index contributed by atoms with van der Waals surface area (Å²) >= 11 is 0. The molecule has 1 aliphatic rings. The van der Waals surface area contributed by atoms with Crippen molar-refractivity contribution in [2.24, 2.45) is 5.73 Å². The van der Waals surface area contributed by atoms with Gasteiger partial charge in [0.2, 0.25) is 0 Å². The maximum atomic E-state index is 15.3. The highest BCUT2D eigenvalue weighted by atomic mass is 19.2. The van der Waals surface area contributed by atoms with Crippen LogP contribution in [0.1, 0.15) is 22.6 Å². The minimum Gasteiger partial charge on any atom is -0.448 e. The van der Waals surface area contributed by atoms with Crippen LogP contribution in [0.25, 0.3) is 11.1 Å². The first-order valence-corrected chi connectivity index (χ1v) is 9.34. The number of nitrogens with one attached hydrogen (secondary N) is 1. The van der Waals surface area contributed by atoms with Gasteiger partial charge in [-0.3, -0.25) is 5.32 Å². The van der Waals surface area contributed by atoms with E-state index in [2.05, 4.69) is 4.74 Å². The Morgan fingerprint density at radius 2 is 1.43 bits per heavy atom. The van der Waals surface area contributed by atoms with Gasteiger partial charge in [-0.1, -0.05) is 78.9 Å². The zero-order valence-electron chi connectivity index (χ0n) is 15.9. The molecule has 3 N–H and O–H groups in total. The van der Waals surface area contributed by atoms with Crippen molar-refractivity contribution in [1.82, 2.24) is 5.32 Å². The average molecular weight is 406 g/mol. The normalized spacial score (nSPS) is 14.2. The number of alkyl halides is 1. The fraction of sp³-hybridized carbons (Fsp3) is 0.130. The molecule has 1 atom stereocenters. The highest BCUT2D eigenvalue weighted by molar-refractivity contribution is 5.79. The first-order chi connectivity index (χ1) is 14.5. The van der Waals surface area contributed by atoms with Crippen molar-refractivity contribution in [1.29, 1.82) is 0 Å². The van der Waals surface area contributed by atoms with Crippen molar-refractivity contribution in [3.8, 4) is 11.1 Å². The third-order valence-electron chi connectivity index (χ3n) is 4.99. The Morgan fingerprint density at radius 3 is 2.00 bits per heavy atom. The third-order valence-corrected chi connectivity index (χ3v) is 4.99. The predicted molar refractivity (Wildman–Crippen MR) is 108 cm³/mol. The number of hydrogen-bond donors (Lipinski definition) is 2.